The molecule has 1 aromatic carbocycles. The SMILES string of the molecule is CC(=O)N1c2ccccc2C(Nc2cc[nH]c(=O)c2)C(C)C1C. The quantitative estimate of drug-likeness (QED) is 0.896. The number of carbonyl (C=O) groups excluding carboxylic acids is 1. The Labute approximate surface area is 135 Å². The van der Waals surface area contributed by atoms with Gasteiger partial charge in [0.15, 0.2) is 0 Å². The highest BCUT2D eigenvalue weighted by atomic mass is 16.2. The Kier molecular flexibility index (Phi) is 3.94. The van der Waals surface area contributed by atoms with Crippen molar-refractivity contribution in [3.63, 3.8) is 0 Å². The lowest BCUT2D eigenvalue weighted by Crippen LogP contribution is -2.48. The van der Waals surface area contributed by atoms with Crippen LogP contribution in [0.5, 0.6) is 0 Å². The number of amides is 1. The fraction of sp³-hybridized carbons (Fsp3) is 0.333. The molecule has 23 heavy (non-hydrogen) atoms. The number of nitrogens with zero attached hydrogens (tertiary/aromatic N) is 1. The fourth-order valence-corrected chi connectivity index (χ4v) is 3.37. The lowest BCUT2D eigenvalue weighted by molar-refractivity contribution is -0.117. The highest BCUT2D eigenvalue weighted by Crippen LogP contribution is 2.42. The standard InChI is InChI=1S/C18H21N3O2/c1-11-12(2)21(13(3)22)16-7-5-4-6-15(16)18(11)20-14-8-9-19-17(23)10-14/h4-12,18H,1-3H3,(H2,19,20,23). The molecule has 0 saturated carbocycles. The van der Waals surface area contributed by atoms with Crippen LogP contribution in [0.2, 0.25) is 0 Å². The van der Waals surface area contributed by atoms with E-state index in [4.69, 9.17) is 0 Å². The van der Waals surface area contributed by atoms with Gasteiger partial charge >= 0.3 is 0 Å². The van der Waals surface area contributed by atoms with Crippen LogP contribution in [0.4, 0.5) is 11.4 Å². The molecule has 0 spiro atoms. The summed E-state index contributed by atoms with van der Waals surface area (Å²) in [5.41, 5.74) is 2.66. The van der Waals surface area contributed by atoms with E-state index >= 15 is 0 Å². The van der Waals surface area contributed by atoms with Crippen molar-refractivity contribution in [3.05, 3.63) is 58.5 Å². The number of H-pyrrole nitrogens is 1. The van der Waals surface area contributed by atoms with E-state index < -0.39 is 0 Å². The zero-order valence-corrected chi connectivity index (χ0v) is 13.5. The van der Waals surface area contributed by atoms with Crippen LogP contribution < -0.4 is 15.8 Å². The Balaban J connectivity index is 2.04. The highest BCUT2D eigenvalue weighted by molar-refractivity contribution is 5.93. The van der Waals surface area contributed by atoms with Gasteiger partial charge in [-0.25, -0.2) is 0 Å². The van der Waals surface area contributed by atoms with Crippen molar-refractivity contribution in [2.45, 2.75) is 32.9 Å². The van der Waals surface area contributed by atoms with E-state index in [1.54, 1.807) is 19.2 Å². The molecule has 1 aromatic heterocycles. The number of benzene rings is 1. The van der Waals surface area contributed by atoms with Crippen LogP contribution in [0, 0.1) is 5.92 Å². The van der Waals surface area contributed by atoms with Crippen molar-refractivity contribution in [3.8, 4) is 0 Å². The smallest absolute Gasteiger partial charge is 0.249 e. The molecule has 2 N–H and O–H groups in total. The number of aromatic nitrogens is 1. The molecular formula is C18H21N3O2. The van der Waals surface area contributed by atoms with E-state index in [1.807, 2.05) is 35.2 Å². The molecule has 0 radical (unpaired) electrons. The summed E-state index contributed by atoms with van der Waals surface area (Å²) in [6.07, 6.45) is 1.63. The van der Waals surface area contributed by atoms with Crippen LogP contribution in [0.3, 0.4) is 0 Å². The number of anilines is 2. The van der Waals surface area contributed by atoms with Crippen molar-refractivity contribution in [2.75, 3.05) is 10.2 Å². The number of carbonyl (C=O) groups is 1. The second-order valence-electron chi connectivity index (χ2n) is 6.11. The van der Waals surface area contributed by atoms with Gasteiger partial charge in [0.1, 0.15) is 0 Å². The third-order valence-corrected chi connectivity index (χ3v) is 4.66. The molecule has 2 aromatic rings. The summed E-state index contributed by atoms with van der Waals surface area (Å²) in [5.74, 6) is 0.250. The minimum atomic E-state index is -0.134. The summed E-state index contributed by atoms with van der Waals surface area (Å²) in [6.45, 7) is 5.79. The van der Waals surface area contributed by atoms with Crippen LogP contribution in [0.1, 0.15) is 32.4 Å². The number of nitrogens with one attached hydrogen (secondary N) is 2. The first kappa shape index (κ1) is 15.3. The minimum Gasteiger partial charge on any atom is -0.378 e. The van der Waals surface area contributed by atoms with Gasteiger partial charge in [-0.2, -0.15) is 0 Å². The molecule has 5 heteroatoms. The van der Waals surface area contributed by atoms with E-state index in [2.05, 4.69) is 24.1 Å². The maximum absolute atomic E-state index is 12.1. The summed E-state index contributed by atoms with van der Waals surface area (Å²) < 4.78 is 0. The number of fused-ring (bicyclic) bond motifs is 1. The van der Waals surface area contributed by atoms with E-state index in [9.17, 15) is 9.59 Å². The molecular weight excluding hydrogens is 290 g/mol. The average Bonchev–Trinajstić information content (AvgIpc) is 2.51. The predicted octanol–water partition coefficient (Wildman–Crippen LogP) is 2.92. The summed E-state index contributed by atoms with van der Waals surface area (Å²) in [7, 11) is 0. The zero-order valence-electron chi connectivity index (χ0n) is 13.5. The molecule has 0 fully saturated rings. The zero-order chi connectivity index (χ0) is 16.6. The molecule has 0 bridgehead atoms. The van der Waals surface area contributed by atoms with Crippen LogP contribution in [0.15, 0.2) is 47.4 Å². The van der Waals surface area contributed by atoms with Gasteiger partial charge in [-0.3, -0.25) is 9.59 Å². The molecule has 0 saturated heterocycles. The van der Waals surface area contributed by atoms with Crippen LogP contribution in [0.25, 0.3) is 0 Å². The molecule has 1 aliphatic heterocycles. The molecule has 1 amide bonds. The predicted molar refractivity (Wildman–Crippen MR) is 91.7 cm³/mol. The number of para-hydroxylation sites is 1. The van der Waals surface area contributed by atoms with Gasteiger partial charge < -0.3 is 15.2 Å². The molecule has 120 valence electrons. The number of pyridine rings is 1. The largest absolute Gasteiger partial charge is 0.378 e. The number of rotatable bonds is 2. The lowest BCUT2D eigenvalue weighted by atomic mass is 9.82. The topological polar surface area (TPSA) is 65.2 Å². The Morgan fingerprint density at radius 1 is 1.22 bits per heavy atom. The number of aromatic amines is 1. The molecule has 1 aliphatic rings. The van der Waals surface area contributed by atoms with Gasteiger partial charge in [-0.1, -0.05) is 25.1 Å². The first-order chi connectivity index (χ1) is 11.0. The second kappa shape index (κ2) is 5.91. The summed E-state index contributed by atoms with van der Waals surface area (Å²) in [6, 6.07) is 11.5. The van der Waals surface area contributed by atoms with E-state index in [0.717, 1.165) is 16.9 Å². The summed E-state index contributed by atoms with van der Waals surface area (Å²) in [5, 5.41) is 3.46. The maximum atomic E-state index is 12.1. The van der Waals surface area contributed by atoms with Crippen LogP contribution in [-0.2, 0) is 4.79 Å². The molecule has 3 atom stereocenters. The first-order valence-corrected chi connectivity index (χ1v) is 7.83. The molecule has 2 heterocycles. The fourth-order valence-electron chi connectivity index (χ4n) is 3.37. The Hall–Kier alpha value is -2.56. The van der Waals surface area contributed by atoms with Crippen molar-refractivity contribution < 1.29 is 4.79 Å². The minimum absolute atomic E-state index is 0.0404. The van der Waals surface area contributed by atoms with Gasteiger partial charge in [0.2, 0.25) is 11.5 Å². The lowest BCUT2D eigenvalue weighted by Gasteiger charge is -2.44. The van der Waals surface area contributed by atoms with Gasteiger partial charge in [0.05, 0.1) is 6.04 Å². The molecule has 0 aliphatic carbocycles. The Morgan fingerprint density at radius 3 is 2.65 bits per heavy atom. The summed E-state index contributed by atoms with van der Waals surface area (Å²) in [4.78, 5) is 28.1. The highest BCUT2D eigenvalue weighted by Gasteiger charge is 2.37. The molecule has 5 nitrogen and oxygen atoms in total. The van der Waals surface area contributed by atoms with Crippen molar-refractivity contribution in [2.24, 2.45) is 5.92 Å². The summed E-state index contributed by atoms with van der Waals surface area (Å²) >= 11 is 0. The Bertz CT molecular complexity index is 784. The number of hydrogen-bond acceptors (Lipinski definition) is 3. The first-order valence-electron chi connectivity index (χ1n) is 7.83. The normalized spacial score (nSPS) is 23.3. The monoisotopic (exact) mass is 311 g/mol. The van der Waals surface area contributed by atoms with Gasteiger partial charge in [-0.05, 0) is 24.6 Å². The van der Waals surface area contributed by atoms with Crippen LogP contribution in [-0.4, -0.2) is 16.9 Å². The van der Waals surface area contributed by atoms with E-state index in [0.29, 0.717) is 0 Å². The molecule has 3 unspecified atom stereocenters. The van der Waals surface area contributed by atoms with Crippen molar-refractivity contribution in [1.29, 1.82) is 0 Å². The van der Waals surface area contributed by atoms with Crippen LogP contribution >= 0.6 is 0 Å². The molecule has 3 rings (SSSR count). The van der Waals surface area contributed by atoms with Crippen molar-refractivity contribution >= 4 is 17.3 Å². The number of hydrogen-bond donors (Lipinski definition) is 2. The van der Waals surface area contributed by atoms with E-state index in [1.165, 1.54) is 0 Å². The Morgan fingerprint density at radius 2 is 1.96 bits per heavy atom. The third kappa shape index (κ3) is 2.74. The van der Waals surface area contributed by atoms with Gasteiger partial charge in [0.25, 0.3) is 0 Å². The second-order valence-corrected chi connectivity index (χ2v) is 6.11. The van der Waals surface area contributed by atoms with Gasteiger partial charge in [0, 0.05) is 42.5 Å². The third-order valence-electron chi connectivity index (χ3n) is 4.66. The average molecular weight is 311 g/mol. The van der Waals surface area contributed by atoms with E-state index in [-0.39, 0.29) is 29.5 Å². The van der Waals surface area contributed by atoms with Crippen molar-refractivity contribution in [1.82, 2.24) is 4.98 Å². The van der Waals surface area contributed by atoms with Gasteiger partial charge in [-0.15, -0.1) is 0 Å². The maximum Gasteiger partial charge on any atom is 0.249 e.